The number of fused-ring (bicyclic) bond motifs is 1. The zero-order valence-corrected chi connectivity index (χ0v) is 20.2. The fourth-order valence-electron chi connectivity index (χ4n) is 4.11. The molecule has 174 valence electrons. The Bertz CT molecular complexity index is 1130. The van der Waals surface area contributed by atoms with Gasteiger partial charge in [-0.2, -0.15) is 4.98 Å². The summed E-state index contributed by atoms with van der Waals surface area (Å²) in [6, 6.07) is 13.5. The molecule has 2 aromatic carbocycles. The first kappa shape index (κ1) is 23.4. The van der Waals surface area contributed by atoms with E-state index in [1.807, 2.05) is 49.3 Å². The average Bonchev–Trinajstić information content (AvgIpc) is 2.79. The van der Waals surface area contributed by atoms with Gasteiger partial charge >= 0.3 is 6.03 Å². The minimum absolute atomic E-state index is 0.138. The quantitative estimate of drug-likeness (QED) is 0.444. The third kappa shape index (κ3) is 5.97. The van der Waals surface area contributed by atoms with Gasteiger partial charge in [-0.05, 0) is 55.5 Å². The van der Waals surface area contributed by atoms with Crippen molar-refractivity contribution in [2.45, 2.75) is 44.3 Å². The van der Waals surface area contributed by atoms with E-state index in [-0.39, 0.29) is 18.1 Å². The molecule has 0 bridgehead atoms. The third-order valence-corrected chi connectivity index (χ3v) is 6.44. The number of hydrogen-bond donors (Lipinski definition) is 3. The highest BCUT2D eigenvalue weighted by Crippen LogP contribution is 2.26. The van der Waals surface area contributed by atoms with Crippen molar-refractivity contribution in [3.05, 3.63) is 58.1 Å². The highest BCUT2D eigenvalue weighted by molar-refractivity contribution is 6.35. The maximum atomic E-state index is 12.3. The lowest BCUT2D eigenvalue weighted by atomic mass is 9.91. The number of hydrogen-bond acceptors (Lipinski definition) is 5. The maximum Gasteiger partial charge on any atom is 0.315 e. The SMILES string of the molecule is CN(C)c1nc(NC2CCC(NC(=O)NCc3ccc(Cl)cc3Cl)CC2)nc2ccccc12. The van der Waals surface area contributed by atoms with Crippen LogP contribution in [0.15, 0.2) is 42.5 Å². The van der Waals surface area contributed by atoms with Gasteiger partial charge in [-0.1, -0.05) is 41.4 Å². The Kier molecular flexibility index (Phi) is 7.40. The molecule has 9 heteroatoms. The first-order chi connectivity index (χ1) is 15.9. The summed E-state index contributed by atoms with van der Waals surface area (Å²) in [4.78, 5) is 23.8. The highest BCUT2D eigenvalue weighted by atomic mass is 35.5. The molecule has 4 rings (SSSR count). The molecule has 33 heavy (non-hydrogen) atoms. The van der Waals surface area contributed by atoms with Crippen LogP contribution >= 0.6 is 23.2 Å². The summed E-state index contributed by atoms with van der Waals surface area (Å²) in [5.74, 6) is 1.54. The first-order valence-electron chi connectivity index (χ1n) is 11.1. The molecule has 7 nitrogen and oxygen atoms in total. The second kappa shape index (κ2) is 10.4. The summed E-state index contributed by atoms with van der Waals surface area (Å²) >= 11 is 12.1. The fraction of sp³-hybridized carbons (Fsp3) is 0.375. The minimum atomic E-state index is -0.189. The summed E-state index contributed by atoms with van der Waals surface area (Å²) in [5, 5.41) is 11.6. The number of amides is 2. The lowest BCUT2D eigenvalue weighted by Gasteiger charge is -2.30. The van der Waals surface area contributed by atoms with Crippen LogP contribution in [0.3, 0.4) is 0 Å². The van der Waals surface area contributed by atoms with Crippen LogP contribution in [0.2, 0.25) is 10.0 Å². The van der Waals surface area contributed by atoms with Crippen molar-refractivity contribution in [1.82, 2.24) is 20.6 Å². The van der Waals surface area contributed by atoms with Crippen molar-refractivity contribution in [2.24, 2.45) is 0 Å². The van der Waals surface area contributed by atoms with E-state index < -0.39 is 0 Å². The molecule has 1 aliphatic rings. The van der Waals surface area contributed by atoms with Crippen molar-refractivity contribution in [2.75, 3.05) is 24.3 Å². The zero-order valence-electron chi connectivity index (χ0n) is 18.7. The minimum Gasteiger partial charge on any atom is -0.362 e. The van der Waals surface area contributed by atoms with Crippen LogP contribution in [0, 0.1) is 0 Å². The number of rotatable bonds is 6. The molecule has 1 saturated carbocycles. The smallest absolute Gasteiger partial charge is 0.315 e. The summed E-state index contributed by atoms with van der Waals surface area (Å²) < 4.78 is 0. The largest absolute Gasteiger partial charge is 0.362 e. The molecule has 1 heterocycles. The topological polar surface area (TPSA) is 82.2 Å². The van der Waals surface area contributed by atoms with Crippen LogP contribution < -0.4 is 20.9 Å². The Labute approximate surface area is 203 Å². The van der Waals surface area contributed by atoms with Gasteiger partial charge in [-0.25, -0.2) is 9.78 Å². The van der Waals surface area contributed by atoms with Gasteiger partial charge in [0.25, 0.3) is 0 Å². The van der Waals surface area contributed by atoms with Gasteiger partial charge in [0.1, 0.15) is 5.82 Å². The molecule has 0 saturated heterocycles. The fourth-order valence-corrected chi connectivity index (χ4v) is 4.58. The van der Waals surface area contributed by atoms with E-state index in [0.717, 1.165) is 48.0 Å². The standard InChI is InChI=1S/C24H28Cl2N6O/c1-32(2)22-19-5-3-4-6-21(19)30-23(31-22)28-17-9-11-18(12-10-17)29-24(33)27-14-15-7-8-16(25)13-20(15)26/h3-8,13,17-18H,9-12,14H2,1-2H3,(H2,27,29,33)(H,28,30,31). The van der Waals surface area contributed by atoms with Gasteiger partial charge in [-0.3, -0.25) is 0 Å². The highest BCUT2D eigenvalue weighted by Gasteiger charge is 2.23. The normalized spacial score (nSPS) is 18.1. The Morgan fingerprint density at radius 1 is 1.03 bits per heavy atom. The van der Waals surface area contributed by atoms with Crippen molar-refractivity contribution in [1.29, 1.82) is 0 Å². The van der Waals surface area contributed by atoms with Crippen LogP contribution in [0.4, 0.5) is 16.6 Å². The van der Waals surface area contributed by atoms with Crippen LogP contribution in [-0.4, -0.2) is 42.2 Å². The van der Waals surface area contributed by atoms with Gasteiger partial charge in [0.05, 0.1) is 5.52 Å². The first-order valence-corrected chi connectivity index (χ1v) is 11.8. The molecular weight excluding hydrogens is 459 g/mol. The van der Waals surface area contributed by atoms with Crippen LogP contribution in [-0.2, 0) is 6.54 Å². The van der Waals surface area contributed by atoms with Crippen LogP contribution in [0.5, 0.6) is 0 Å². The van der Waals surface area contributed by atoms with E-state index in [2.05, 4.69) is 16.0 Å². The van der Waals surface area contributed by atoms with Gasteiger partial charge in [0, 0.05) is 48.2 Å². The Hall–Kier alpha value is -2.77. The van der Waals surface area contributed by atoms with E-state index in [1.165, 1.54) is 0 Å². The van der Waals surface area contributed by atoms with Gasteiger partial charge in [0.2, 0.25) is 5.95 Å². The molecule has 0 spiro atoms. The monoisotopic (exact) mass is 486 g/mol. The summed E-state index contributed by atoms with van der Waals surface area (Å²) in [7, 11) is 3.97. The third-order valence-electron chi connectivity index (χ3n) is 5.86. The molecule has 3 aromatic rings. The van der Waals surface area contributed by atoms with E-state index in [9.17, 15) is 4.79 Å². The number of benzene rings is 2. The second-order valence-corrected chi connectivity index (χ2v) is 9.38. The molecular formula is C24H28Cl2N6O. The van der Waals surface area contributed by atoms with E-state index in [0.29, 0.717) is 22.5 Å². The second-order valence-electron chi connectivity index (χ2n) is 8.54. The molecule has 0 atom stereocenters. The zero-order chi connectivity index (χ0) is 23.4. The number of nitrogens with zero attached hydrogens (tertiary/aromatic N) is 3. The molecule has 1 fully saturated rings. The Balaban J connectivity index is 1.28. The van der Waals surface area contributed by atoms with Crippen LogP contribution in [0.25, 0.3) is 10.9 Å². The summed E-state index contributed by atoms with van der Waals surface area (Å²) in [6.07, 6.45) is 3.64. The molecule has 0 unspecified atom stereocenters. The van der Waals surface area contributed by atoms with E-state index in [1.54, 1.807) is 12.1 Å². The molecule has 1 aromatic heterocycles. The van der Waals surface area contributed by atoms with Gasteiger partial charge < -0.3 is 20.9 Å². The van der Waals surface area contributed by atoms with Gasteiger partial charge in [-0.15, -0.1) is 0 Å². The number of urea groups is 1. The van der Waals surface area contributed by atoms with Crippen molar-refractivity contribution in [3.63, 3.8) is 0 Å². The Morgan fingerprint density at radius 2 is 1.76 bits per heavy atom. The molecule has 0 radical (unpaired) electrons. The lowest BCUT2D eigenvalue weighted by Crippen LogP contribution is -2.44. The van der Waals surface area contributed by atoms with E-state index in [4.69, 9.17) is 33.2 Å². The van der Waals surface area contributed by atoms with Crippen LogP contribution in [0.1, 0.15) is 31.2 Å². The maximum absolute atomic E-state index is 12.3. The molecule has 2 amide bonds. The number of aromatic nitrogens is 2. The number of para-hydroxylation sites is 1. The molecule has 1 aliphatic carbocycles. The average molecular weight is 487 g/mol. The number of halogens is 2. The predicted octanol–water partition coefficient (Wildman–Crippen LogP) is 5.23. The predicted molar refractivity (Wildman–Crippen MR) is 135 cm³/mol. The Morgan fingerprint density at radius 3 is 2.48 bits per heavy atom. The number of nitrogens with one attached hydrogen (secondary N) is 3. The number of anilines is 2. The number of carbonyl (C=O) groups is 1. The van der Waals surface area contributed by atoms with Crippen molar-refractivity contribution < 1.29 is 4.79 Å². The molecule has 0 aliphatic heterocycles. The lowest BCUT2D eigenvalue weighted by molar-refractivity contribution is 0.231. The van der Waals surface area contributed by atoms with Crippen molar-refractivity contribution in [3.8, 4) is 0 Å². The summed E-state index contributed by atoms with van der Waals surface area (Å²) in [5.41, 5.74) is 1.75. The van der Waals surface area contributed by atoms with E-state index >= 15 is 0 Å². The number of carbonyl (C=O) groups excluding carboxylic acids is 1. The summed E-state index contributed by atoms with van der Waals surface area (Å²) in [6.45, 7) is 0.353. The van der Waals surface area contributed by atoms with Crippen molar-refractivity contribution >= 4 is 51.9 Å². The van der Waals surface area contributed by atoms with Gasteiger partial charge in [0.15, 0.2) is 0 Å². The molecule has 3 N–H and O–H groups in total.